The zero-order chi connectivity index (χ0) is 21.6. The number of rotatable bonds is 8. The molecular weight excluding hydrogens is 408 g/mol. The van der Waals surface area contributed by atoms with Crippen molar-refractivity contribution in [1.82, 2.24) is 9.62 Å². The largest absolute Gasteiger partial charge is 0.495 e. The first kappa shape index (κ1) is 22.2. The van der Waals surface area contributed by atoms with Gasteiger partial charge in [-0.25, -0.2) is 8.42 Å². The van der Waals surface area contributed by atoms with Crippen molar-refractivity contribution in [1.29, 1.82) is 0 Å². The highest BCUT2D eigenvalue weighted by atomic mass is 32.2. The molecule has 0 spiro atoms. The lowest BCUT2D eigenvalue weighted by Crippen LogP contribution is -2.40. The van der Waals surface area contributed by atoms with Crippen molar-refractivity contribution >= 4 is 15.9 Å². The zero-order valence-corrected chi connectivity index (χ0v) is 17.9. The first-order chi connectivity index (χ1) is 14.5. The molecule has 1 N–H and O–H groups in total. The molecule has 2 aromatic carbocycles. The predicted molar refractivity (Wildman–Crippen MR) is 111 cm³/mol. The fourth-order valence-electron chi connectivity index (χ4n) is 3.23. The molecule has 9 heteroatoms. The van der Waals surface area contributed by atoms with Gasteiger partial charge in [0.15, 0.2) is 0 Å². The molecule has 0 aliphatic carbocycles. The second-order valence-electron chi connectivity index (χ2n) is 6.82. The summed E-state index contributed by atoms with van der Waals surface area (Å²) in [5, 5.41) is 2.83. The highest BCUT2D eigenvalue weighted by Crippen LogP contribution is 2.28. The number of carbonyl (C=O) groups is 1. The van der Waals surface area contributed by atoms with Crippen LogP contribution in [-0.2, 0) is 32.6 Å². The van der Waals surface area contributed by atoms with Crippen LogP contribution in [0.4, 0.5) is 0 Å². The van der Waals surface area contributed by atoms with Gasteiger partial charge in [0.25, 0.3) is 5.91 Å². The zero-order valence-electron chi connectivity index (χ0n) is 17.1. The summed E-state index contributed by atoms with van der Waals surface area (Å²) in [5.41, 5.74) is 2.18. The number of carbonyl (C=O) groups excluding carboxylic acids is 1. The molecule has 1 saturated heterocycles. The summed E-state index contributed by atoms with van der Waals surface area (Å²) in [6, 6.07) is 12.1. The van der Waals surface area contributed by atoms with Gasteiger partial charge in [-0.3, -0.25) is 4.79 Å². The van der Waals surface area contributed by atoms with Crippen LogP contribution in [-0.4, -0.2) is 59.2 Å². The number of nitrogens with one attached hydrogen (secondary N) is 1. The third kappa shape index (κ3) is 5.17. The summed E-state index contributed by atoms with van der Waals surface area (Å²) in [4.78, 5) is 12.7. The molecule has 0 bridgehead atoms. The van der Waals surface area contributed by atoms with Crippen molar-refractivity contribution in [3.8, 4) is 5.75 Å². The van der Waals surface area contributed by atoms with E-state index in [0.29, 0.717) is 26.4 Å². The number of amides is 1. The molecule has 1 aliphatic heterocycles. The van der Waals surface area contributed by atoms with Crippen LogP contribution in [0, 0.1) is 0 Å². The van der Waals surface area contributed by atoms with Crippen molar-refractivity contribution in [2.45, 2.75) is 18.0 Å². The molecule has 30 heavy (non-hydrogen) atoms. The average Bonchev–Trinajstić information content (AvgIpc) is 2.78. The quantitative estimate of drug-likeness (QED) is 0.681. The van der Waals surface area contributed by atoms with Gasteiger partial charge in [-0.05, 0) is 29.3 Å². The highest BCUT2D eigenvalue weighted by Gasteiger charge is 2.30. The van der Waals surface area contributed by atoms with E-state index in [1.54, 1.807) is 13.2 Å². The second-order valence-corrected chi connectivity index (χ2v) is 8.72. The van der Waals surface area contributed by atoms with E-state index in [-0.39, 0.29) is 35.2 Å². The van der Waals surface area contributed by atoms with E-state index in [1.165, 1.54) is 23.5 Å². The summed E-state index contributed by atoms with van der Waals surface area (Å²) in [6.07, 6.45) is 0. The molecule has 0 unspecified atom stereocenters. The Morgan fingerprint density at radius 1 is 1.10 bits per heavy atom. The minimum atomic E-state index is -3.81. The summed E-state index contributed by atoms with van der Waals surface area (Å²) in [5.74, 6) is -0.168. The van der Waals surface area contributed by atoms with Crippen molar-refractivity contribution in [3.63, 3.8) is 0 Å². The molecule has 0 atom stereocenters. The Kier molecular flexibility index (Phi) is 7.43. The Hall–Kier alpha value is -2.46. The van der Waals surface area contributed by atoms with Gasteiger partial charge < -0.3 is 19.5 Å². The fourth-order valence-corrected chi connectivity index (χ4v) is 4.82. The van der Waals surface area contributed by atoms with Crippen LogP contribution in [0.2, 0.25) is 0 Å². The van der Waals surface area contributed by atoms with Crippen molar-refractivity contribution in [2.24, 2.45) is 0 Å². The lowest BCUT2D eigenvalue weighted by atomic mass is 10.1. The number of benzene rings is 2. The van der Waals surface area contributed by atoms with Crippen LogP contribution in [0.15, 0.2) is 47.4 Å². The highest BCUT2D eigenvalue weighted by molar-refractivity contribution is 7.89. The predicted octanol–water partition coefficient (Wildman–Crippen LogP) is 1.79. The van der Waals surface area contributed by atoms with E-state index >= 15 is 0 Å². The molecule has 1 heterocycles. The van der Waals surface area contributed by atoms with Crippen molar-refractivity contribution in [2.75, 3.05) is 40.5 Å². The van der Waals surface area contributed by atoms with Gasteiger partial charge in [-0.15, -0.1) is 0 Å². The molecule has 0 aromatic heterocycles. The Labute approximate surface area is 176 Å². The molecule has 162 valence electrons. The summed E-state index contributed by atoms with van der Waals surface area (Å²) >= 11 is 0. The van der Waals surface area contributed by atoms with E-state index in [2.05, 4.69) is 5.32 Å². The van der Waals surface area contributed by atoms with Gasteiger partial charge in [-0.2, -0.15) is 4.31 Å². The number of hydrogen-bond acceptors (Lipinski definition) is 6. The molecule has 3 rings (SSSR count). The maximum absolute atomic E-state index is 13.1. The normalized spacial score (nSPS) is 15.0. The molecule has 0 radical (unpaired) electrons. The van der Waals surface area contributed by atoms with E-state index < -0.39 is 10.0 Å². The van der Waals surface area contributed by atoms with E-state index in [4.69, 9.17) is 14.2 Å². The summed E-state index contributed by atoms with van der Waals surface area (Å²) < 4.78 is 43.1. The van der Waals surface area contributed by atoms with Crippen LogP contribution >= 0.6 is 0 Å². The standard InChI is InChI=1S/C21H26N2O6S/c1-27-15-17-5-3-4-16(12-17)14-22-21(24)18-6-7-19(28-2)20(13-18)30(25,26)23-8-10-29-11-9-23/h3-7,12-13H,8-11,14-15H2,1-2H3,(H,22,24). The number of ether oxygens (including phenoxy) is 3. The maximum Gasteiger partial charge on any atom is 0.251 e. The summed E-state index contributed by atoms with van der Waals surface area (Å²) in [7, 11) is -0.777. The van der Waals surface area contributed by atoms with E-state index in [0.717, 1.165) is 11.1 Å². The SMILES string of the molecule is COCc1cccc(CNC(=O)c2ccc(OC)c(S(=O)(=O)N3CCOCC3)c2)c1. The van der Waals surface area contributed by atoms with Crippen LogP contribution in [0.5, 0.6) is 5.75 Å². The molecule has 0 saturated carbocycles. The Bertz CT molecular complexity index is 987. The van der Waals surface area contributed by atoms with Gasteiger partial charge in [0.05, 0.1) is 26.9 Å². The second kappa shape index (κ2) is 10.0. The maximum atomic E-state index is 13.1. The summed E-state index contributed by atoms with van der Waals surface area (Å²) in [6.45, 7) is 2.00. The van der Waals surface area contributed by atoms with Crippen LogP contribution in [0.3, 0.4) is 0 Å². The van der Waals surface area contributed by atoms with Gasteiger partial charge in [0, 0.05) is 32.3 Å². The third-order valence-electron chi connectivity index (χ3n) is 4.77. The van der Waals surface area contributed by atoms with Crippen LogP contribution in [0.1, 0.15) is 21.5 Å². The molecule has 1 aliphatic rings. The number of nitrogens with zero attached hydrogens (tertiary/aromatic N) is 1. The average molecular weight is 435 g/mol. The number of hydrogen-bond donors (Lipinski definition) is 1. The fraction of sp³-hybridized carbons (Fsp3) is 0.381. The van der Waals surface area contributed by atoms with Crippen molar-refractivity contribution in [3.05, 3.63) is 59.2 Å². The Balaban J connectivity index is 1.78. The number of morpholine rings is 1. The minimum Gasteiger partial charge on any atom is -0.495 e. The van der Waals surface area contributed by atoms with E-state index in [9.17, 15) is 13.2 Å². The lowest BCUT2D eigenvalue weighted by molar-refractivity contribution is 0.0729. The number of sulfonamides is 1. The Morgan fingerprint density at radius 3 is 2.53 bits per heavy atom. The molecule has 1 amide bonds. The molecular formula is C21H26N2O6S. The van der Waals surface area contributed by atoms with Crippen molar-refractivity contribution < 1.29 is 27.4 Å². The van der Waals surface area contributed by atoms with E-state index in [1.807, 2.05) is 24.3 Å². The van der Waals surface area contributed by atoms with Crippen LogP contribution < -0.4 is 10.1 Å². The first-order valence-electron chi connectivity index (χ1n) is 9.56. The molecule has 2 aromatic rings. The molecule has 1 fully saturated rings. The molecule has 8 nitrogen and oxygen atoms in total. The lowest BCUT2D eigenvalue weighted by Gasteiger charge is -2.26. The van der Waals surface area contributed by atoms with Gasteiger partial charge >= 0.3 is 0 Å². The third-order valence-corrected chi connectivity index (χ3v) is 6.69. The van der Waals surface area contributed by atoms with Gasteiger partial charge in [0.1, 0.15) is 10.6 Å². The van der Waals surface area contributed by atoms with Gasteiger partial charge in [-0.1, -0.05) is 24.3 Å². The first-order valence-corrected chi connectivity index (χ1v) is 11.0. The minimum absolute atomic E-state index is 0.0263. The Morgan fingerprint density at radius 2 is 1.83 bits per heavy atom. The van der Waals surface area contributed by atoms with Crippen LogP contribution in [0.25, 0.3) is 0 Å². The smallest absolute Gasteiger partial charge is 0.251 e. The number of methoxy groups -OCH3 is 2. The van der Waals surface area contributed by atoms with Gasteiger partial charge in [0.2, 0.25) is 10.0 Å². The topological polar surface area (TPSA) is 94.2 Å². The monoisotopic (exact) mass is 434 g/mol.